The van der Waals surface area contributed by atoms with Crippen molar-refractivity contribution in [3.8, 4) is 0 Å². The molecule has 0 atom stereocenters. The molecule has 0 aliphatic heterocycles. The average molecular weight is 266 g/mol. The molecule has 0 aliphatic carbocycles. The fourth-order valence-corrected chi connectivity index (χ4v) is 2.37. The number of anilines is 1. The van der Waals surface area contributed by atoms with Crippen molar-refractivity contribution in [3.63, 3.8) is 0 Å². The van der Waals surface area contributed by atoms with Gasteiger partial charge in [-0.25, -0.2) is 9.97 Å². The van der Waals surface area contributed by atoms with Crippen molar-refractivity contribution in [3.05, 3.63) is 47.2 Å². The summed E-state index contributed by atoms with van der Waals surface area (Å²) in [5.41, 5.74) is 0.870. The molecule has 0 fully saturated rings. The molecule has 0 aliphatic rings. The second kappa shape index (κ2) is 5.89. The molecule has 2 aromatic rings. The Morgan fingerprint density at radius 1 is 1.29 bits per heavy atom. The van der Waals surface area contributed by atoms with E-state index in [0.717, 1.165) is 16.5 Å². The van der Waals surface area contributed by atoms with Gasteiger partial charge >= 0.3 is 0 Å². The summed E-state index contributed by atoms with van der Waals surface area (Å²) in [4.78, 5) is 8.66. The lowest BCUT2D eigenvalue weighted by atomic mass is 10.3. The molecule has 2 heterocycles. The van der Waals surface area contributed by atoms with Crippen LogP contribution in [0.2, 0.25) is 5.02 Å². The number of aromatic nitrogens is 2. The Hall–Kier alpha value is -1.26. The summed E-state index contributed by atoms with van der Waals surface area (Å²) in [6.45, 7) is 0. The van der Waals surface area contributed by atoms with Gasteiger partial charge in [-0.1, -0.05) is 29.4 Å². The first kappa shape index (κ1) is 12.2. The van der Waals surface area contributed by atoms with E-state index < -0.39 is 0 Å². The first-order chi connectivity index (χ1) is 8.29. The van der Waals surface area contributed by atoms with Crippen molar-refractivity contribution < 1.29 is 0 Å². The van der Waals surface area contributed by atoms with Crippen LogP contribution in [0.15, 0.2) is 41.6 Å². The Kier molecular flexibility index (Phi) is 4.23. The zero-order valence-corrected chi connectivity index (χ0v) is 10.9. The van der Waals surface area contributed by atoms with Gasteiger partial charge in [0.1, 0.15) is 5.82 Å². The Balaban J connectivity index is 2.08. The largest absolute Gasteiger partial charge is 0.373 e. The van der Waals surface area contributed by atoms with Crippen LogP contribution in [0.3, 0.4) is 0 Å². The van der Waals surface area contributed by atoms with E-state index in [4.69, 9.17) is 11.6 Å². The number of nitrogens with one attached hydrogen (secondary N) is 1. The third-order valence-electron chi connectivity index (χ3n) is 2.17. The first-order valence-corrected chi connectivity index (χ1v) is 6.53. The monoisotopic (exact) mass is 265 g/mol. The zero-order chi connectivity index (χ0) is 12.1. The molecular weight excluding hydrogens is 254 g/mol. The van der Waals surface area contributed by atoms with Crippen LogP contribution >= 0.6 is 23.4 Å². The van der Waals surface area contributed by atoms with Crippen LogP contribution in [0, 0.1) is 0 Å². The first-order valence-electron chi connectivity index (χ1n) is 5.16. The minimum atomic E-state index is 0.687. The highest BCUT2D eigenvalue weighted by atomic mass is 35.5. The normalized spacial score (nSPS) is 10.2. The van der Waals surface area contributed by atoms with Crippen LogP contribution in [-0.4, -0.2) is 17.0 Å². The number of hydrogen-bond acceptors (Lipinski definition) is 4. The number of rotatable bonds is 4. The highest BCUT2D eigenvalue weighted by Gasteiger charge is 2.04. The molecule has 0 radical (unpaired) electrons. The van der Waals surface area contributed by atoms with Gasteiger partial charge in [-0.05, 0) is 24.3 Å². The molecule has 88 valence electrons. The molecule has 0 unspecified atom stereocenters. The van der Waals surface area contributed by atoms with Gasteiger partial charge in [0.15, 0.2) is 0 Å². The molecule has 0 amide bonds. The highest BCUT2D eigenvalue weighted by Crippen LogP contribution is 2.24. The van der Waals surface area contributed by atoms with Crippen molar-refractivity contribution in [1.82, 2.24) is 9.97 Å². The summed E-state index contributed by atoms with van der Waals surface area (Å²) < 4.78 is 0. The Morgan fingerprint density at radius 2 is 2.18 bits per heavy atom. The van der Waals surface area contributed by atoms with Crippen LogP contribution in [0.25, 0.3) is 0 Å². The summed E-state index contributed by atoms with van der Waals surface area (Å²) in [5, 5.41) is 4.66. The summed E-state index contributed by atoms with van der Waals surface area (Å²) in [6.07, 6.45) is 1.78. The Bertz CT molecular complexity index is 490. The molecule has 0 spiro atoms. The van der Waals surface area contributed by atoms with Gasteiger partial charge in [-0.15, -0.1) is 0 Å². The Labute approximate surface area is 110 Å². The summed E-state index contributed by atoms with van der Waals surface area (Å²) in [5.74, 6) is 1.54. The molecule has 0 saturated heterocycles. The van der Waals surface area contributed by atoms with E-state index in [1.54, 1.807) is 18.0 Å². The van der Waals surface area contributed by atoms with E-state index in [2.05, 4.69) is 15.3 Å². The molecule has 2 rings (SSSR count). The maximum Gasteiger partial charge on any atom is 0.126 e. The van der Waals surface area contributed by atoms with Crippen LogP contribution in [0.4, 0.5) is 5.82 Å². The standard InChI is InChI=1S/C12H12ClN3S/c1-14-11-6-5-9(13)10(16-11)8-17-12-4-2-3-7-15-12/h2-7H,8H2,1H3,(H,14,16). The molecule has 17 heavy (non-hydrogen) atoms. The van der Waals surface area contributed by atoms with Crippen LogP contribution in [0.1, 0.15) is 5.69 Å². The predicted molar refractivity (Wildman–Crippen MR) is 72.6 cm³/mol. The van der Waals surface area contributed by atoms with Crippen molar-refractivity contribution >= 4 is 29.2 Å². The van der Waals surface area contributed by atoms with Gasteiger partial charge in [0.05, 0.1) is 15.7 Å². The third kappa shape index (κ3) is 3.35. The van der Waals surface area contributed by atoms with Gasteiger partial charge in [-0.2, -0.15) is 0 Å². The molecule has 0 saturated carbocycles. The molecule has 2 aromatic heterocycles. The number of pyridine rings is 2. The summed E-state index contributed by atoms with van der Waals surface area (Å²) in [6, 6.07) is 9.55. The van der Waals surface area contributed by atoms with Gasteiger partial charge in [0.25, 0.3) is 0 Å². The number of nitrogens with zero attached hydrogens (tertiary/aromatic N) is 2. The number of thioether (sulfide) groups is 1. The van der Waals surface area contributed by atoms with Crippen molar-refractivity contribution in [2.45, 2.75) is 10.8 Å². The third-order valence-corrected chi connectivity index (χ3v) is 3.47. The Morgan fingerprint density at radius 3 is 2.88 bits per heavy atom. The smallest absolute Gasteiger partial charge is 0.126 e. The molecule has 0 aromatic carbocycles. The SMILES string of the molecule is CNc1ccc(Cl)c(CSc2ccccn2)n1. The van der Waals surface area contributed by atoms with Gasteiger partial charge in [0, 0.05) is 19.0 Å². The second-order valence-corrected chi connectivity index (χ2v) is 4.73. The molecule has 0 bridgehead atoms. The van der Waals surface area contributed by atoms with E-state index in [1.807, 2.05) is 37.4 Å². The summed E-state index contributed by atoms with van der Waals surface area (Å²) >= 11 is 7.72. The van der Waals surface area contributed by atoms with Gasteiger partial charge in [0.2, 0.25) is 0 Å². The molecule has 3 nitrogen and oxygen atoms in total. The fourth-order valence-electron chi connectivity index (χ4n) is 1.30. The van der Waals surface area contributed by atoms with Crippen LogP contribution in [0.5, 0.6) is 0 Å². The lowest BCUT2D eigenvalue weighted by molar-refractivity contribution is 1.12. The minimum absolute atomic E-state index is 0.687. The summed E-state index contributed by atoms with van der Waals surface area (Å²) in [7, 11) is 1.84. The number of hydrogen-bond donors (Lipinski definition) is 1. The van der Waals surface area contributed by atoms with Crippen molar-refractivity contribution in [1.29, 1.82) is 0 Å². The van der Waals surface area contributed by atoms with Gasteiger partial charge < -0.3 is 5.32 Å². The van der Waals surface area contributed by atoms with Crippen molar-refractivity contribution in [2.75, 3.05) is 12.4 Å². The lowest BCUT2D eigenvalue weighted by Crippen LogP contribution is -1.96. The number of halogens is 1. The quantitative estimate of drug-likeness (QED) is 0.859. The van der Waals surface area contributed by atoms with E-state index in [9.17, 15) is 0 Å². The zero-order valence-electron chi connectivity index (χ0n) is 9.35. The highest BCUT2D eigenvalue weighted by molar-refractivity contribution is 7.98. The maximum absolute atomic E-state index is 6.10. The molecule has 5 heteroatoms. The molecule has 1 N–H and O–H groups in total. The van der Waals surface area contributed by atoms with E-state index >= 15 is 0 Å². The lowest BCUT2D eigenvalue weighted by Gasteiger charge is -2.05. The maximum atomic E-state index is 6.10. The van der Waals surface area contributed by atoms with E-state index in [-0.39, 0.29) is 0 Å². The van der Waals surface area contributed by atoms with Crippen LogP contribution < -0.4 is 5.32 Å². The van der Waals surface area contributed by atoms with E-state index in [0.29, 0.717) is 10.8 Å². The second-order valence-electron chi connectivity index (χ2n) is 3.33. The van der Waals surface area contributed by atoms with Crippen molar-refractivity contribution in [2.24, 2.45) is 0 Å². The predicted octanol–water partition coefficient (Wildman–Crippen LogP) is 3.46. The van der Waals surface area contributed by atoms with E-state index in [1.165, 1.54) is 0 Å². The average Bonchev–Trinajstić information content (AvgIpc) is 2.39. The fraction of sp³-hybridized carbons (Fsp3) is 0.167. The molecular formula is C12H12ClN3S. The van der Waals surface area contributed by atoms with Crippen LogP contribution in [-0.2, 0) is 5.75 Å². The minimum Gasteiger partial charge on any atom is -0.373 e. The topological polar surface area (TPSA) is 37.8 Å². The van der Waals surface area contributed by atoms with Gasteiger partial charge in [-0.3, -0.25) is 0 Å².